The molecule has 2 unspecified atom stereocenters. The summed E-state index contributed by atoms with van der Waals surface area (Å²) >= 11 is 0. The topological polar surface area (TPSA) is 0 Å². The first-order valence-corrected chi connectivity index (χ1v) is 4.55. The summed E-state index contributed by atoms with van der Waals surface area (Å²) in [5.41, 5.74) is 1.18. The second kappa shape index (κ2) is 1.35. The van der Waals surface area contributed by atoms with Gasteiger partial charge in [-0.05, 0) is 23.7 Å². The van der Waals surface area contributed by atoms with E-state index in [0.29, 0.717) is 10.8 Å². The van der Waals surface area contributed by atoms with E-state index in [1.54, 1.807) is 0 Å². The maximum absolute atomic E-state index is 2.45. The van der Waals surface area contributed by atoms with E-state index in [1.807, 2.05) is 0 Å². The van der Waals surface area contributed by atoms with Gasteiger partial charge in [-0.15, -0.1) is 0 Å². The molecule has 1 fully saturated rings. The van der Waals surface area contributed by atoms with E-state index in [0.717, 1.165) is 11.8 Å². The van der Waals surface area contributed by atoms with Gasteiger partial charge in [-0.2, -0.15) is 0 Å². The van der Waals surface area contributed by atoms with Crippen LogP contribution in [0.4, 0.5) is 0 Å². The van der Waals surface area contributed by atoms with Crippen LogP contribution in [0.3, 0.4) is 0 Å². The van der Waals surface area contributed by atoms with E-state index >= 15 is 0 Å². The number of hydrogen-bond donors (Lipinski definition) is 0. The van der Waals surface area contributed by atoms with Crippen molar-refractivity contribution in [3.8, 4) is 0 Å². The van der Waals surface area contributed by atoms with Gasteiger partial charge >= 0.3 is 0 Å². The Morgan fingerprint density at radius 2 is 2.09 bits per heavy atom. The van der Waals surface area contributed by atoms with Crippen molar-refractivity contribution in [2.45, 2.75) is 20.3 Å². The number of rotatable bonds is 0. The molecule has 0 radical (unpaired) electrons. The van der Waals surface area contributed by atoms with Crippen LogP contribution in [0.2, 0.25) is 0 Å². The third-order valence-electron chi connectivity index (χ3n) is 4.26. The Hall–Kier alpha value is -0.520. The Morgan fingerprint density at radius 1 is 1.27 bits per heavy atom. The molecule has 0 saturated heterocycles. The molecule has 0 heterocycles. The van der Waals surface area contributed by atoms with Gasteiger partial charge in [-0.3, -0.25) is 0 Å². The standard InChI is InChI=1S/C11H14/c1-10(2)9-5-3-4-8-6-7-11(8,9)10/h3,5-9H,4H2,1-2H3/t8-,9?,11?/m0/s1. The van der Waals surface area contributed by atoms with Crippen LogP contribution >= 0.6 is 0 Å². The van der Waals surface area contributed by atoms with E-state index in [9.17, 15) is 0 Å². The Morgan fingerprint density at radius 3 is 2.55 bits per heavy atom. The van der Waals surface area contributed by atoms with Crippen LogP contribution < -0.4 is 0 Å². The summed E-state index contributed by atoms with van der Waals surface area (Å²) in [7, 11) is 0. The fraction of sp³-hybridized carbons (Fsp3) is 0.636. The number of hydrogen-bond acceptors (Lipinski definition) is 0. The zero-order valence-electron chi connectivity index (χ0n) is 7.17. The average Bonchev–Trinajstić information content (AvgIpc) is 2.40. The lowest BCUT2D eigenvalue weighted by atomic mass is 9.70. The van der Waals surface area contributed by atoms with Crippen molar-refractivity contribution in [2.24, 2.45) is 22.7 Å². The summed E-state index contributed by atoms with van der Waals surface area (Å²) in [6, 6.07) is 0. The fourth-order valence-electron chi connectivity index (χ4n) is 3.37. The van der Waals surface area contributed by atoms with Crippen LogP contribution in [-0.2, 0) is 0 Å². The van der Waals surface area contributed by atoms with Crippen LogP contribution in [0, 0.1) is 22.7 Å². The maximum atomic E-state index is 2.45. The summed E-state index contributed by atoms with van der Waals surface area (Å²) in [6.45, 7) is 4.81. The molecule has 3 rings (SSSR count). The molecule has 0 heteroatoms. The Labute approximate surface area is 68.0 Å². The predicted octanol–water partition coefficient (Wildman–Crippen LogP) is 2.77. The van der Waals surface area contributed by atoms with Crippen molar-refractivity contribution in [2.75, 3.05) is 0 Å². The summed E-state index contributed by atoms with van der Waals surface area (Å²) in [5, 5.41) is 0. The van der Waals surface area contributed by atoms with Crippen molar-refractivity contribution >= 4 is 0 Å². The van der Waals surface area contributed by atoms with Crippen LogP contribution in [0.1, 0.15) is 20.3 Å². The highest BCUT2D eigenvalue weighted by Crippen LogP contribution is 2.79. The fourth-order valence-corrected chi connectivity index (χ4v) is 3.37. The van der Waals surface area contributed by atoms with Gasteiger partial charge < -0.3 is 0 Å². The summed E-state index contributed by atoms with van der Waals surface area (Å²) in [4.78, 5) is 0. The molecule has 1 spiro atoms. The highest BCUT2D eigenvalue weighted by molar-refractivity contribution is 5.42. The van der Waals surface area contributed by atoms with Crippen LogP contribution in [0.25, 0.3) is 0 Å². The molecule has 58 valence electrons. The molecule has 0 aromatic rings. The maximum Gasteiger partial charge on any atom is 0.00727 e. The highest BCUT2D eigenvalue weighted by atomic mass is 14.8. The van der Waals surface area contributed by atoms with E-state index in [-0.39, 0.29) is 0 Å². The van der Waals surface area contributed by atoms with Gasteiger partial charge in [0.25, 0.3) is 0 Å². The lowest BCUT2D eigenvalue weighted by Gasteiger charge is -2.34. The summed E-state index contributed by atoms with van der Waals surface area (Å²) in [5.74, 6) is 1.74. The van der Waals surface area contributed by atoms with Crippen molar-refractivity contribution in [1.29, 1.82) is 0 Å². The molecule has 0 nitrogen and oxygen atoms in total. The summed E-state index contributed by atoms with van der Waals surface area (Å²) < 4.78 is 0. The highest BCUT2D eigenvalue weighted by Gasteiger charge is 2.74. The quantitative estimate of drug-likeness (QED) is 0.461. The predicted molar refractivity (Wildman–Crippen MR) is 46.1 cm³/mol. The first-order chi connectivity index (χ1) is 5.19. The van der Waals surface area contributed by atoms with Gasteiger partial charge in [0.15, 0.2) is 0 Å². The minimum absolute atomic E-state index is 0.569. The first kappa shape index (κ1) is 6.05. The molecule has 0 aliphatic heterocycles. The van der Waals surface area contributed by atoms with Crippen LogP contribution in [0.15, 0.2) is 24.3 Å². The largest absolute Gasteiger partial charge is 0.0876 e. The Kier molecular flexibility index (Phi) is 0.742. The molecule has 0 N–H and O–H groups in total. The van der Waals surface area contributed by atoms with E-state index in [4.69, 9.17) is 0 Å². The van der Waals surface area contributed by atoms with E-state index < -0.39 is 0 Å². The molecule has 3 aliphatic rings. The minimum atomic E-state index is 0.569. The van der Waals surface area contributed by atoms with Crippen molar-refractivity contribution in [3.05, 3.63) is 24.3 Å². The summed E-state index contributed by atoms with van der Waals surface area (Å²) in [6.07, 6.45) is 10.9. The molecule has 3 atom stereocenters. The van der Waals surface area contributed by atoms with Gasteiger partial charge in [-0.25, -0.2) is 0 Å². The number of allylic oxidation sites excluding steroid dienone is 4. The van der Waals surface area contributed by atoms with Gasteiger partial charge in [-0.1, -0.05) is 38.2 Å². The third-order valence-corrected chi connectivity index (χ3v) is 4.26. The normalized spacial score (nSPS) is 54.4. The zero-order valence-corrected chi connectivity index (χ0v) is 7.17. The minimum Gasteiger partial charge on any atom is -0.0876 e. The molecule has 0 bridgehead atoms. The van der Waals surface area contributed by atoms with Gasteiger partial charge in [0.05, 0.1) is 0 Å². The van der Waals surface area contributed by atoms with E-state index in [2.05, 4.69) is 38.2 Å². The molecule has 0 aromatic carbocycles. The molecule has 3 aliphatic carbocycles. The zero-order chi connectivity index (χ0) is 7.69. The first-order valence-electron chi connectivity index (χ1n) is 4.55. The molecule has 1 saturated carbocycles. The van der Waals surface area contributed by atoms with Crippen molar-refractivity contribution < 1.29 is 0 Å². The Bertz CT molecular complexity index is 268. The van der Waals surface area contributed by atoms with Gasteiger partial charge in [0.2, 0.25) is 0 Å². The molecular formula is C11H14. The smallest absolute Gasteiger partial charge is 0.00727 e. The average molecular weight is 146 g/mol. The van der Waals surface area contributed by atoms with Crippen molar-refractivity contribution in [3.63, 3.8) is 0 Å². The monoisotopic (exact) mass is 146 g/mol. The van der Waals surface area contributed by atoms with Crippen molar-refractivity contribution in [1.82, 2.24) is 0 Å². The lowest BCUT2D eigenvalue weighted by molar-refractivity contribution is 0.315. The molecular weight excluding hydrogens is 132 g/mol. The van der Waals surface area contributed by atoms with Gasteiger partial charge in [0, 0.05) is 5.41 Å². The van der Waals surface area contributed by atoms with Crippen LogP contribution in [-0.4, -0.2) is 0 Å². The van der Waals surface area contributed by atoms with Crippen LogP contribution in [0.5, 0.6) is 0 Å². The van der Waals surface area contributed by atoms with E-state index in [1.165, 1.54) is 6.42 Å². The SMILES string of the molecule is CC1(C)C2C=CC[C@H]3C=CC231. The second-order valence-corrected chi connectivity index (χ2v) is 4.76. The Balaban J connectivity index is 2.12. The molecule has 0 aromatic heterocycles. The third kappa shape index (κ3) is 0.399. The second-order valence-electron chi connectivity index (χ2n) is 4.76. The molecule has 11 heavy (non-hydrogen) atoms. The lowest BCUT2D eigenvalue weighted by Crippen LogP contribution is -2.26. The molecule has 0 amide bonds. The van der Waals surface area contributed by atoms with Gasteiger partial charge in [0.1, 0.15) is 0 Å².